The van der Waals surface area contributed by atoms with E-state index < -0.39 is 0 Å². The highest BCUT2D eigenvalue weighted by molar-refractivity contribution is 5.68. The number of hydrogen-bond acceptors (Lipinski definition) is 4. The van der Waals surface area contributed by atoms with E-state index in [0.29, 0.717) is 11.6 Å². The molecule has 6 rings (SSSR count). The van der Waals surface area contributed by atoms with Gasteiger partial charge in [0, 0.05) is 31.5 Å². The molecule has 1 unspecified atom stereocenters. The summed E-state index contributed by atoms with van der Waals surface area (Å²) in [6, 6.07) is 24.8. The number of fused-ring (bicyclic) bond motifs is 1. The first-order valence-corrected chi connectivity index (χ1v) is 15.7. The molecule has 0 saturated carbocycles. The fourth-order valence-electron chi connectivity index (χ4n) is 7.34. The molecular formula is C38H42N4. The Kier molecular flexibility index (Phi) is 8.79. The Morgan fingerprint density at radius 2 is 1.69 bits per heavy atom. The lowest BCUT2D eigenvalue weighted by molar-refractivity contribution is 0.249. The van der Waals surface area contributed by atoms with Crippen LogP contribution in [0.3, 0.4) is 0 Å². The Morgan fingerprint density at radius 1 is 0.881 bits per heavy atom. The van der Waals surface area contributed by atoms with Crippen LogP contribution in [-0.4, -0.2) is 29.0 Å². The van der Waals surface area contributed by atoms with Gasteiger partial charge < -0.3 is 5.73 Å². The van der Waals surface area contributed by atoms with E-state index in [-0.39, 0.29) is 0 Å². The zero-order valence-electron chi connectivity index (χ0n) is 24.9. The van der Waals surface area contributed by atoms with Crippen molar-refractivity contribution in [2.45, 2.75) is 77.3 Å². The van der Waals surface area contributed by atoms with Crippen LogP contribution in [0, 0.1) is 18.3 Å². The molecule has 1 aliphatic carbocycles. The highest BCUT2D eigenvalue weighted by Gasteiger charge is 2.28. The van der Waals surface area contributed by atoms with Gasteiger partial charge in [0.05, 0.1) is 5.56 Å². The lowest BCUT2D eigenvalue weighted by atomic mass is 9.87. The molecule has 4 heteroatoms. The summed E-state index contributed by atoms with van der Waals surface area (Å²) < 4.78 is 0. The van der Waals surface area contributed by atoms with Gasteiger partial charge in [-0.3, -0.25) is 9.88 Å². The zero-order valence-corrected chi connectivity index (χ0v) is 24.9. The SMILES string of the molecule is Cc1c(CCc2cc(CCc3cncc(C#N)c3)c(CN3CCCC3CN)c3c2CCC3)cccc1-c1ccccc1. The Morgan fingerprint density at radius 3 is 2.52 bits per heavy atom. The standard InChI is InChI=1S/C38H42N4/c1-27-30(10-5-12-35(27)31-8-3-2-4-9-31)17-18-32-21-33(16-15-28-20-29(22-39)25-41-24-28)38(37-14-6-13-36(32)37)26-42-19-7-11-34(42)23-40/h2-5,8-10,12,20-21,24-25,34H,6-7,11,13-19,23,26,40H2,1H3. The third kappa shape index (κ3) is 6.04. The molecule has 0 radical (unpaired) electrons. The van der Waals surface area contributed by atoms with E-state index >= 15 is 0 Å². The number of benzene rings is 3. The van der Waals surface area contributed by atoms with Gasteiger partial charge in [-0.1, -0.05) is 54.6 Å². The summed E-state index contributed by atoms with van der Waals surface area (Å²) in [6.45, 7) is 5.17. The van der Waals surface area contributed by atoms with Crippen LogP contribution in [0.25, 0.3) is 11.1 Å². The molecule has 4 nitrogen and oxygen atoms in total. The molecule has 3 aromatic carbocycles. The molecule has 214 valence electrons. The van der Waals surface area contributed by atoms with Gasteiger partial charge in [0.2, 0.25) is 0 Å². The molecule has 2 N–H and O–H groups in total. The van der Waals surface area contributed by atoms with Crippen molar-refractivity contribution in [1.29, 1.82) is 5.26 Å². The number of hydrogen-bond donors (Lipinski definition) is 1. The molecule has 2 aliphatic rings. The lowest BCUT2D eigenvalue weighted by Gasteiger charge is -2.27. The summed E-state index contributed by atoms with van der Waals surface area (Å²) in [6.07, 6.45) is 13.6. The Bertz CT molecular complexity index is 1580. The minimum atomic E-state index is 0.492. The van der Waals surface area contributed by atoms with Crippen molar-refractivity contribution in [3.63, 3.8) is 0 Å². The van der Waals surface area contributed by atoms with Gasteiger partial charge in [0.1, 0.15) is 6.07 Å². The molecule has 1 aliphatic heterocycles. The molecular weight excluding hydrogens is 512 g/mol. The van der Waals surface area contributed by atoms with Gasteiger partial charge in [-0.25, -0.2) is 0 Å². The maximum atomic E-state index is 9.39. The third-order valence-corrected chi connectivity index (χ3v) is 9.64. The summed E-state index contributed by atoms with van der Waals surface area (Å²) in [5.74, 6) is 0. The summed E-state index contributed by atoms with van der Waals surface area (Å²) in [4.78, 5) is 6.96. The molecule has 0 amide bonds. The van der Waals surface area contributed by atoms with Gasteiger partial charge in [0.25, 0.3) is 0 Å². The molecule has 0 bridgehead atoms. The fraction of sp³-hybridized carbons (Fsp3) is 0.368. The van der Waals surface area contributed by atoms with E-state index in [1.54, 1.807) is 22.9 Å². The van der Waals surface area contributed by atoms with Crippen LogP contribution in [0.4, 0.5) is 0 Å². The van der Waals surface area contributed by atoms with E-state index in [9.17, 15) is 5.26 Å². The van der Waals surface area contributed by atoms with Crippen LogP contribution in [0.1, 0.15) is 69.3 Å². The van der Waals surface area contributed by atoms with Crippen molar-refractivity contribution >= 4 is 0 Å². The second-order valence-electron chi connectivity index (χ2n) is 12.1. The predicted octanol–water partition coefficient (Wildman–Crippen LogP) is 6.91. The zero-order chi connectivity index (χ0) is 28.9. The number of nitriles is 1. The molecule has 2 heterocycles. The monoisotopic (exact) mass is 554 g/mol. The van der Waals surface area contributed by atoms with Gasteiger partial charge in [0.15, 0.2) is 0 Å². The third-order valence-electron chi connectivity index (χ3n) is 9.64. The van der Waals surface area contributed by atoms with Crippen LogP contribution in [-0.2, 0) is 45.1 Å². The minimum absolute atomic E-state index is 0.492. The van der Waals surface area contributed by atoms with Crippen molar-refractivity contribution in [3.8, 4) is 17.2 Å². The molecule has 42 heavy (non-hydrogen) atoms. The second kappa shape index (κ2) is 13.0. The number of rotatable bonds is 10. The van der Waals surface area contributed by atoms with E-state index in [2.05, 4.69) is 77.5 Å². The topological polar surface area (TPSA) is 65.9 Å². The van der Waals surface area contributed by atoms with Crippen LogP contribution in [0.2, 0.25) is 0 Å². The first-order valence-electron chi connectivity index (χ1n) is 15.7. The summed E-state index contributed by atoms with van der Waals surface area (Å²) in [5.41, 5.74) is 21.2. The molecule has 1 fully saturated rings. The fourth-order valence-corrected chi connectivity index (χ4v) is 7.34. The predicted molar refractivity (Wildman–Crippen MR) is 171 cm³/mol. The summed E-state index contributed by atoms with van der Waals surface area (Å²) >= 11 is 0. The Labute approximate surface area is 251 Å². The minimum Gasteiger partial charge on any atom is -0.329 e. The van der Waals surface area contributed by atoms with E-state index in [0.717, 1.165) is 50.9 Å². The van der Waals surface area contributed by atoms with Gasteiger partial charge >= 0.3 is 0 Å². The maximum absolute atomic E-state index is 9.39. The highest BCUT2D eigenvalue weighted by atomic mass is 15.2. The number of likely N-dealkylation sites (tertiary alicyclic amines) is 1. The van der Waals surface area contributed by atoms with Gasteiger partial charge in [-0.05, 0) is 133 Å². The lowest BCUT2D eigenvalue weighted by Crippen LogP contribution is -2.35. The van der Waals surface area contributed by atoms with Crippen LogP contribution >= 0.6 is 0 Å². The first-order chi connectivity index (χ1) is 20.6. The smallest absolute Gasteiger partial charge is 0.101 e. The second-order valence-corrected chi connectivity index (χ2v) is 12.1. The van der Waals surface area contributed by atoms with Gasteiger partial charge in [-0.2, -0.15) is 5.26 Å². The Balaban J connectivity index is 1.31. The molecule has 1 saturated heterocycles. The van der Waals surface area contributed by atoms with Crippen LogP contribution < -0.4 is 5.73 Å². The normalized spacial score (nSPS) is 16.5. The number of nitrogens with two attached hydrogens (primary N) is 1. The van der Waals surface area contributed by atoms with Crippen molar-refractivity contribution in [3.05, 3.63) is 123 Å². The van der Waals surface area contributed by atoms with Gasteiger partial charge in [-0.15, -0.1) is 0 Å². The van der Waals surface area contributed by atoms with E-state index in [4.69, 9.17) is 5.73 Å². The molecule has 0 spiro atoms. The van der Waals surface area contributed by atoms with Crippen molar-refractivity contribution in [2.24, 2.45) is 5.73 Å². The van der Waals surface area contributed by atoms with Crippen molar-refractivity contribution < 1.29 is 0 Å². The average molecular weight is 555 g/mol. The number of nitrogens with zero attached hydrogens (tertiary/aromatic N) is 3. The molecule has 4 aromatic rings. The maximum Gasteiger partial charge on any atom is 0.101 e. The summed E-state index contributed by atoms with van der Waals surface area (Å²) in [7, 11) is 0. The average Bonchev–Trinajstić information content (AvgIpc) is 3.71. The van der Waals surface area contributed by atoms with Crippen LogP contribution in [0.15, 0.2) is 73.1 Å². The number of aromatic nitrogens is 1. The number of aryl methyl sites for hydroxylation is 4. The quantitative estimate of drug-likeness (QED) is 0.231. The largest absolute Gasteiger partial charge is 0.329 e. The van der Waals surface area contributed by atoms with Crippen molar-refractivity contribution in [2.75, 3.05) is 13.1 Å². The highest BCUT2D eigenvalue weighted by Crippen LogP contribution is 2.35. The number of pyridine rings is 1. The Hall–Kier alpha value is -3.78. The first kappa shape index (κ1) is 28.3. The van der Waals surface area contributed by atoms with Crippen LogP contribution in [0.5, 0.6) is 0 Å². The summed E-state index contributed by atoms with van der Waals surface area (Å²) in [5, 5.41) is 9.39. The molecule has 1 aromatic heterocycles. The van der Waals surface area contributed by atoms with Crippen molar-refractivity contribution in [1.82, 2.24) is 9.88 Å². The van der Waals surface area contributed by atoms with E-state index in [1.165, 1.54) is 65.5 Å². The van der Waals surface area contributed by atoms with E-state index in [1.807, 2.05) is 12.3 Å². The molecule has 1 atom stereocenters.